The number of aromatic nitrogens is 1. The Kier molecular flexibility index (Phi) is 6.23. The van der Waals surface area contributed by atoms with E-state index in [-0.39, 0.29) is 18.2 Å². The molecule has 25 heavy (non-hydrogen) atoms. The number of hydrogen-bond donors (Lipinski definition) is 2. The maximum Gasteiger partial charge on any atom is 0.328 e. The normalized spacial score (nSPS) is 12.4. The molecule has 0 aliphatic rings. The highest BCUT2D eigenvalue weighted by Gasteiger charge is 2.23. The van der Waals surface area contributed by atoms with Crippen molar-refractivity contribution in [1.82, 2.24) is 10.3 Å². The van der Waals surface area contributed by atoms with Crippen LogP contribution in [0.4, 0.5) is 0 Å². The van der Waals surface area contributed by atoms with Gasteiger partial charge in [0.05, 0.1) is 13.5 Å². The maximum atomic E-state index is 12.5. The summed E-state index contributed by atoms with van der Waals surface area (Å²) in [5.41, 5.74) is 4.23. The lowest BCUT2D eigenvalue weighted by Crippen LogP contribution is -2.43. The zero-order chi connectivity index (χ0) is 18.6. The summed E-state index contributed by atoms with van der Waals surface area (Å²) in [5, 5.41) is 3.90. The van der Waals surface area contributed by atoms with E-state index >= 15 is 0 Å². The van der Waals surface area contributed by atoms with Crippen molar-refractivity contribution >= 4 is 22.8 Å². The molecular weight excluding hydrogens is 316 g/mol. The number of ether oxygens (including phenoxy) is 1. The van der Waals surface area contributed by atoms with Crippen molar-refractivity contribution in [2.24, 2.45) is 5.92 Å². The van der Waals surface area contributed by atoms with Crippen molar-refractivity contribution in [1.29, 1.82) is 0 Å². The lowest BCUT2D eigenvalue weighted by Gasteiger charge is -2.18. The first-order chi connectivity index (χ1) is 11.8. The fraction of sp³-hybridized carbons (Fsp3) is 0.500. The third-order valence-electron chi connectivity index (χ3n) is 4.46. The number of carbonyl (C=O) groups excluding carboxylic acids is 2. The van der Waals surface area contributed by atoms with Crippen LogP contribution < -0.4 is 5.32 Å². The van der Waals surface area contributed by atoms with Crippen molar-refractivity contribution in [3.8, 4) is 0 Å². The number of H-pyrrole nitrogens is 1. The highest BCUT2D eigenvalue weighted by molar-refractivity contribution is 5.92. The van der Waals surface area contributed by atoms with Crippen LogP contribution >= 0.6 is 0 Å². The zero-order valence-corrected chi connectivity index (χ0v) is 15.7. The lowest BCUT2D eigenvalue weighted by atomic mass is 10.0. The van der Waals surface area contributed by atoms with Gasteiger partial charge in [-0.1, -0.05) is 26.8 Å². The van der Waals surface area contributed by atoms with Gasteiger partial charge in [0, 0.05) is 16.6 Å². The van der Waals surface area contributed by atoms with Gasteiger partial charge in [0.2, 0.25) is 5.91 Å². The van der Waals surface area contributed by atoms with Crippen molar-refractivity contribution < 1.29 is 14.3 Å². The Balaban J connectivity index is 2.20. The second kappa shape index (κ2) is 8.19. The molecule has 2 rings (SSSR count). The highest BCUT2D eigenvalue weighted by atomic mass is 16.5. The molecule has 1 aromatic carbocycles. The van der Waals surface area contributed by atoms with Gasteiger partial charge in [-0.3, -0.25) is 4.79 Å². The van der Waals surface area contributed by atoms with Crippen LogP contribution in [0.5, 0.6) is 0 Å². The molecule has 0 aliphatic heterocycles. The summed E-state index contributed by atoms with van der Waals surface area (Å²) >= 11 is 0. The predicted octanol–water partition coefficient (Wildman–Crippen LogP) is 3.29. The average Bonchev–Trinajstić information content (AvgIpc) is 2.88. The number of rotatable bonds is 7. The first-order valence-electron chi connectivity index (χ1n) is 8.82. The quantitative estimate of drug-likeness (QED) is 0.757. The molecule has 1 heterocycles. The van der Waals surface area contributed by atoms with E-state index in [0.717, 1.165) is 28.6 Å². The fourth-order valence-electron chi connectivity index (χ4n) is 3.11. The van der Waals surface area contributed by atoms with Crippen LogP contribution in [-0.2, 0) is 27.2 Å². The molecule has 0 aliphatic carbocycles. The number of aryl methyl sites for hydroxylation is 2. The molecule has 1 aromatic heterocycles. The first-order valence-corrected chi connectivity index (χ1v) is 8.82. The Morgan fingerprint density at radius 1 is 1.28 bits per heavy atom. The van der Waals surface area contributed by atoms with E-state index in [0.29, 0.717) is 6.42 Å². The topological polar surface area (TPSA) is 71.2 Å². The molecule has 1 amide bonds. The van der Waals surface area contributed by atoms with Gasteiger partial charge in [-0.05, 0) is 48.9 Å². The van der Waals surface area contributed by atoms with E-state index in [2.05, 4.69) is 35.4 Å². The number of nitrogens with one attached hydrogen (secondary N) is 2. The standard InChI is InChI=1S/C20H28N2O3/c1-6-14-7-8-17-16(10-14)15(13(4)21-17)11-19(23)22-18(9-12(2)3)20(24)25-5/h7-8,10,12,18,21H,6,9,11H2,1-5H3,(H,22,23)/t18-/m0/s1. The molecular formula is C20H28N2O3. The smallest absolute Gasteiger partial charge is 0.328 e. The number of benzene rings is 1. The van der Waals surface area contributed by atoms with Gasteiger partial charge in [0.25, 0.3) is 0 Å². The number of methoxy groups -OCH3 is 1. The highest BCUT2D eigenvalue weighted by Crippen LogP contribution is 2.24. The number of amides is 1. The Hall–Kier alpha value is -2.30. The lowest BCUT2D eigenvalue weighted by molar-refractivity contribution is -0.145. The number of hydrogen-bond acceptors (Lipinski definition) is 3. The minimum atomic E-state index is -0.603. The number of aromatic amines is 1. The molecule has 2 N–H and O–H groups in total. The zero-order valence-electron chi connectivity index (χ0n) is 15.7. The number of fused-ring (bicyclic) bond motifs is 1. The van der Waals surface area contributed by atoms with Crippen LogP contribution in [0.3, 0.4) is 0 Å². The van der Waals surface area contributed by atoms with E-state index in [4.69, 9.17) is 4.74 Å². The van der Waals surface area contributed by atoms with Gasteiger partial charge < -0.3 is 15.0 Å². The number of carbonyl (C=O) groups is 2. The molecule has 0 bridgehead atoms. The molecule has 136 valence electrons. The third kappa shape index (κ3) is 4.62. The van der Waals surface area contributed by atoms with Gasteiger partial charge in [-0.15, -0.1) is 0 Å². The molecule has 0 saturated carbocycles. The van der Waals surface area contributed by atoms with Crippen LogP contribution in [0, 0.1) is 12.8 Å². The molecule has 0 fully saturated rings. The Labute approximate surface area is 149 Å². The molecule has 1 atom stereocenters. The summed E-state index contributed by atoms with van der Waals surface area (Å²) < 4.78 is 4.81. The summed E-state index contributed by atoms with van der Waals surface area (Å²) in [6, 6.07) is 5.68. The van der Waals surface area contributed by atoms with Gasteiger partial charge >= 0.3 is 5.97 Å². The van der Waals surface area contributed by atoms with E-state index < -0.39 is 12.0 Å². The van der Waals surface area contributed by atoms with Crippen LogP contribution in [0.15, 0.2) is 18.2 Å². The molecule has 0 unspecified atom stereocenters. The van der Waals surface area contributed by atoms with Crippen molar-refractivity contribution in [2.45, 2.75) is 53.0 Å². The predicted molar refractivity (Wildman–Crippen MR) is 99.5 cm³/mol. The summed E-state index contributed by atoms with van der Waals surface area (Å²) in [4.78, 5) is 27.8. The SMILES string of the molecule is CCc1ccc2[nH]c(C)c(CC(=O)N[C@@H](CC(C)C)C(=O)OC)c2c1. The van der Waals surface area contributed by atoms with E-state index in [1.54, 1.807) is 0 Å². The minimum Gasteiger partial charge on any atom is -0.467 e. The van der Waals surface area contributed by atoms with Crippen LogP contribution in [0.1, 0.15) is 44.0 Å². The van der Waals surface area contributed by atoms with Crippen LogP contribution in [0.25, 0.3) is 10.9 Å². The maximum absolute atomic E-state index is 12.5. The van der Waals surface area contributed by atoms with Crippen molar-refractivity contribution in [2.75, 3.05) is 7.11 Å². The summed E-state index contributed by atoms with van der Waals surface area (Å²) in [6.07, 6.45) is 1.75. The third-order valence-corrected chi connectivity index (χ3v) is 4.46. The van der Waals surface area contributed by atoms with Gasteiger partial charge in [0.15, 0.2) is 0 Å². The van der Waals surface area contributed by atoms with Crippen molar-refractivity contribution in [3.05, 3.63) is 35.0 Å². The molecule has 0 spiro atoms. The number of esters is 1. The molecule has 0 radical (unpaired) electrons. The van der Waals surface area contributed by atoms with E-state index in [1.807, 2.05) is 20.8 Å². The molecule has 5 heteroatoms. The van der Waals surface area contributed by atoms with Gasteiger partial charge in [-0.25, -0.2) is 4.79 Å². The average molecular weight is 344 g/mol. The molecule has 0 saturated heterocycles. The Morgan fingerprint density at radius 2 is 2.00 bits per heavy atom. The molecule has 5 nitrogen and oxygen atoms in total. The van der Waals surface area contributed by atoms with Crippen LogP contribution in [0.2, 0.25) is 0 Å². The molecule has 2 aromatic rings. The summed E-state index contributed by atoms with van der Waals surface area (Å²) in [7, 11) is 1.35. The van der Waals surface area contributed by atoms with E-state index in [9.17, 15) is 9.59 Å². The minimum absolute atomic E-state index is 0.165. The Bertz CT molecular complexity index is 762. The second-order valence-corrected chi connectivity index (χ2v) is 6.91. The van der Waals surface area contributed by atoms with Gasteiger partial charge in [-0.2, -0.15) is 0 Å². The van der Waals surface area contributed by atoms with E-state index in [1.165, 1.54) is 12.7 Å². The van der Waals surface area contributed by atoms with Crippen LogP contribution in [-0.4, -0.2) is 30.0 Å². The van der Waals surface area contributed by atoms with Crippen molar-refractivity contribution in [3.63, 3.8) is 0 Å². The largest absolute Gasteiger partial charge is 0.467 e. The van der Waals surface area contributed by atoms with Gasteiger partial charge in [0.1, 0.15) is 6.04 Å². The fourth-order valence-corrected chi connectivity index (χ4v) is 3.11. The second-order valence-electron chi connectivity index (χ2n) is 6.91. The first kappa shape index (κ1) is 19.0. The Morgan fingerprint density at radius 3 is 2.60 bits per heavy atom. The summed E-state index contributed by atoms with van der Waals surface area (Å²) in [5.74, 6) is -0.278. The summed E-state index contributed by atoms with van der Waals surface area (Å²) in [6.45, 7) is 8.11. The monoisotopic (exact) mass is 344 g/mol.